The molecular weight excluding hydrogens is 418 g/mol. The summed E-state index contributed by atoms with van der Waals surface area (Å²) < 4.78 is 10.8. The van der Waals surface area contributed by atoms with Gasteiger partial charge in [0.15, 0.2) is 11.2 Å². The molecular formula is C22H15N3O5S. The zero-order valence-electron chi connectivity index (χ0n) is 16.2. The molecule has 0 spiro atoms. The molecule has 2 aromatic heterocycles. The number of carbonyl (C=O) groups excluding carboxylic acids is 2. The first-order chi connectivity index (χ1) is 15.0. The van der Waals surface area contributed by atoms with Crippen molar-refractivity contribution in [2.75, 3.05) is 10.6 Å². The lowest BCUT2D eigenvalue weighted by Gasteiger charge is -2.23. The Bertz CT molecular complexity index is 1410. The maximum atomic E-state index is 12.6. The van der Waals surface area contributed by atoms with Crippen LogP contribution in [-0.2, 0) is 4.79 Å². The first-order valence-corrected chi connectivity index (χ1v) is 10.3. The number of nitrogens with zero attached hydrogens (tertiary/aromatic N) is 1. The normalized spacial score (nSPS) is 15.1. The molecule has 0 fully saturated rings. The van der Waals surface area contributed by atoms with Gasteiger partial charge in [0.05, 0.1) is 11.4 Å². The van der Waals surface area contributed by atoms with Crippen molar-refractivity contribution in [2.24, 2.45) is 0 Å². The Morgan fingerprint density at radius 3 is 2.87 bits per heavy atom. The van der Waals surface area contributed by atoms with E-state index < -0.39 is 17.6 Å². The Kier molecular flexibility index (Phi) is 4.52. The van der Waals surface area contributed by atoms with Gasteiger partial charge in [-0.2, -0.15) is 0 Å². The van der Waals surface area contributed by atoms with E-state index in [1.807, 2.05) is 6.07 Å². The van der Waals surface area contributed by atoms with Crippen molar-refractivity contribution in [1.29, 1.82) is 0 Å². The summed E-state index contributed by atoms with van der Waals surface area (Å²) in [6.45, 7) is 1.68. The molecule has 8 nitrogen and oxygen atoms in total. The highest BCUT2D eigenvalue weighted by Crippen LogP contribution is 2.35. The van der Waals surface area contributed by atoms with Crippen LogP contribution in [0.4, 0.5) is 10.8 Å². The molecule has 5 rings (SSSR count). The minimum Gasteiger partial charge on any atom is -0.479 e. The van der Waals surface area contributed by atoms with Crippen molar-refractivity contribution in [3.8, 4) is 17.0 Å². The van der Waals surface area contributed by atoms with Gasteiger partial charge in [0.2, 0.25) is 0 Å². The Labute approximate surface area is 179 Å². The van der Waals surface area contributed by atoms with Gasteiger partial charge in [-0.25, -0.2) is 9.78 Å². The number of rotatable bonds is 3. The van der Waals surface area contributed by atoms with E-state index in [-0.39, 0.29) is 11.5 Å². The van der Waals surface area contributed by atoms with Gasteiger partial charge in [-0.1, -0.05) is 18.2 Å². The summed E-state index contributed by atoms with van der Waals surface area (Å²) in [6.07, 6.45) is -0.549. The molecule has 2 amide bonds. The highest BCUT2D eigenvalue weighted by atomic mass is 32.1. The zero-order valence-corrected chi connectivity index (χ0v) is 17.0. The van der Waals surface area contributed by atoms with E-state index in [0.717, 1.165) is 5.56 Å². The summed E-state index contributed by atoms with van der Waals surface area (Å²) in [5.41, 5.74) is 1.53. The van der Waals surface area contributed by atoms with Gasteiger partial charge in [-0.05, 0) is 37.3 Å². The van der Waals surface area contributed by atoms with Gasteiger partial charge in [0, 0.05) is 16.3 Å². The van der Waals surface area contributed by atoms with Gasteiger partial charge in [-0.3, -0.25) is 14.9 Å². The van der Waals surface area contributed by atoms with Crippen molar-refractivity contribution in [3.63, 3.8) is 0 Å². The second-order valence-electron chi connectivity index (χ2n) is 6.94. The molecule has 9 heteroatoms. The number of benzene rings is 2. The average molecular weight is 433 g/mol. The van der Waals surface area contributed by atoms with E-state index in [4.69, 9.17) is 9.15 Å². The van der Waals surface area contributed by atoms with Crippen molar-refractivity contribution >= 4 is 44.9 Å². The number of carbonyl (C=O) groups is 2. The highest BCUT2D eigenvalue weighted by Gasteiger charge is 2.24. The average Bonchev–Trinajstić information content (AvgIpc) is 3.22. The second kappa shape index (κ2) is 7.37. The van der Waals surface area contributed by atoms with Crippen LogP contribution >= 0.6 is 11.3 Å². The molecule has 2 N–H and O–H groups in total. The van der Waals surface area contributed by atoms with Crippen LogP contribution < -0.4 is 21.0 Å². The van der Waals surface area contributed by atoms with Crippen LogP contribution in [0.3, 0.4) is 0 Å². The highest BCUT2D eigenvalue weighted by molar-refractivity contribution is 7.14. The molecule has 3 heterocycles. The molecule has 0 radical (unpaired) electrons. The number of aromatic nitrogens is 1. The Balaban J connectivity index is 1.39. The van der Waals surface area contributed by atoms with Crippen LogP contribution in [0.1, 0.15) is 17.3 Å². The van der Waals surface area contributed by atoms with Crippen molar-refractivity contribution in [1.82, 2.24) is 4.98 Å². The molecule has 4 aromatic rings. The van der Waals surface area contributed by atoms with E-state index in [1.54, 1.807) is 48.7 Å². The molecule has 0 saturated carbocycles. The van der Waals surface area contributed by atoms with Gasteiger partial charge in [0.25, 0.3) is 11.8 Å². The number of hydrogen-bond acceptors (Lipinski definition) is 7. The molecule has 1 unspecified atom stereocenters. The third-order valence-electron chi connectivity index (χ3n) is 4.82. The van der Waals surface area contributed by atoms with Gasteiger partial charge >= 0.3 is 5.63 Å². The third-order valence-corrected chi connectivity index (χ3v) is 5.57. The lowest BCUT2D eigenvalue weighted by Crippen LogP contribution is -2.34. The predicted octanol–water partition coefficient (Wildman–Crippen LogP) is 3.89. The molecule has 154 valence electrons. The molecule has 1 aliphatic rings. The fraction of sp³-hybridized carbons (Fsp3) is 0.0909. The van der Waals surface area contributed by atoms with Crippen LogP contribution in [0.5, 0.6) is 5.75 Å². The largest absolute Gasteiger partial charge is 0.479 e. The summed E-state index contributed by atoms with van der Waals surface area (Å²) >= 11 is 1.22. The zero-order chi connectivity index (χ0) is 21.5. The fourth-order valence-electron chi connectivity index (χ4n) is 3.22. The van der Waals surface area contributed by atoms with Crippen LogP contribution in [-0.4, -0.2) is 22.9 Å². The Morgan fingerprint density at radius 2 is 2.00 bits per heavy atom. The molecule has 0 aliphatic carbocycles. The minimum absolute atomic E-state index is 0.0989. The fourth-order valence-corrected chi connectivity index (χ4v) is 3.93. The molecule has 0 bridgehead atoms. The summed E-state index contributed by atoms with van der Waals surface area (Å²) in [5.74, 6) is -0.228. The van der Waals surface area contributed by atoms with Gasteiger partial charge < -0.3 is 14.5 Å². The smallest absolute Gasteiger partial charge is 0.349 e. The molecule has 0 saturated heterocycles. The van der Waals surface area contributed by atoms with E-state index in [1.165, 1.54) is 17.4 Å². The van der Waals surface area contributed by atoms with Crippen LogP contribution in [0, 0.1) is 0 Å². The number of amides is 2. The van der Waals surface area contributed by atoms with E-state index in [0.29, 0.717) is 33.2 Å². The van der Waals surface area contributed by atoms with Crippen LogP contribution in [0.15, 0.2) is 63.1 Å². The second-order valence-corrected chi connectivity index (χ2v) is 7.80. The number of fused-ring (bicyclic) bond motifs is 2. The number of thiazole rings is 1. The number of nitrogens with one attached hydrogen (secondary N) is 2. The summed E-state index contributed by atoms with van der Waals surface area (Å²) in [7, 11) is 0. The first-order valence-electron chi connectivity index (χ1n) is 9.39. The molecule has 1 aliphatic heterocycles. The Hall–Kier alpha value is -3.98. The predicted molar refractivity (Wildman–Crippen MR) is 117 cm³/mol. The Morgan fingerprint density at radius 1 is 1.16 bits per heavy atom. The monoisotopic (exact) mass is 433 g/mol. The lowest BCUT2D eigenvalue weighted by atomic mass is 10.1. The molecule has 1 atom stereocenters. The van der Waals surface area contributed by atoms with Gasteiger partial charge in [-0.15, -0.1) is 11.3 Å². The van der Waals surface area contributed by atoms with Crippen molar-refractivity contribution in [2.45, 2.75) is 13.0 Å². The summed E-state index contributed by atoms with van der Waals surface area (Å²) in [4.78, 5) is 41.1. The maximum absolute atomic E-state index is 12.6. The minimum atomic E-state index is -0.715. The molecule has 2 aromatic carbocycles. The molecule has 31 heavy (non-hydrogen) atoms. The number of hydrogen-bond donors (Lipinski definition) is 2. The van der Waals surface area contributed by atoms with Crippen LogP contribution in [0.2, 0.25) is 0 Å². The third kappa shape index (κ3) is 3.55. The van der Waals surface area contributed by atoms with Crippen molar-refractivity contribution < 1.29 is 18.7 Å². The topological polar surface area (TPSA) is 111 Å². The number of para-hydroxylation sites is 1. The standard InChI is InChI=1S/C22H15N3O5S/c1-11-19(26)23-15-9-12(6-7-18(15)29-11)16-10-31-22(24-16)25-20(27)14-8-13-4-2-3-5-17(13)30-21(14)28/h2-11H,1H3,(H,23,26)(H,24,25,27). The maximum Gasteiger partial charge on any atom is 0.349 e. The van der Waals surface area contributed by atoms with E-state index in [2.05, 4.69) is 15.6 Å². The van der Waals surface area contributed by atoms with Crippen LogP contribution in [0.25, 0.3) is 22.2 Å². The first kappa shape index (κ1) is 19.0. The van der Waals surface area contributed by atoms with E-state index >= 15 is 0 Å². The number of ether oxygens (including phenoxy) is 1. The van der Waals surface area contributed by atoms with Gasteiger partial charge in [0.1, 0.15) is 16.9 Å². The van der Waals surface area contributed by atoms with E-state index in [9.17, 15) is 14.4 Å². The van der Waals surface area contributed by atoms with Crippen molar-refractivity contribution in [3.05, 3.63) is 69.9 Å². The number of anilines is 2. The lowest BCUT2D eigenvalue weighted by molar-refractivity contribution is -0.122. The summed E-state index contributed by atoms with van der Waals surface area (Å²) in [5, 5.41) is 8.20. The quantitative estimate of drug-likeness (QED) is 0.474. The SMILES string of the molecule is CC1Oc2ccc(-c3csc(NC(=O)c4cc5ccccc5oc4=O)n3)cc2NC1=O. The summed E-state index contributed by atoms with van der Waals surface area (Å²) in [6, 6.07) is 13.8.